The third-order valence-electron chi connectivity index (χ3n) is 8.01. The van der Waals surface area contributed by atoms with Gasteiger partial charge in [-0.05, 0) is 63.2 Å². The molecular weight excluding hydrogens is 583 g/mol. The van der Waals surface area contributed by atoms with E-state index in [0.717, 1.165) is 38.7 Å². The van der Waals surface area contributed by atoms with E-state index in [9.17, 15) is 9.90 Å². The molecule has 4 rings (SSSR count). The zero-order chi connectivity index (χ0) is 20.3. The number of aliphatic hydroxyl groups excluding tert-OH is 1. The fourth-order valence-corrected chi connectivity index (χ4v) is 6.43. The molecule has 0 aromatic carbocycles. The van der Waals surface area contributed by atoms with E-state index in [4.69, 9.17) is 14.2 Å². The van der Waals surface area contributed by atoms with Crippen molar-refractivity contribution in [3.63, 3.8) is 0 Å². The molecule has 2 heterocycles. The minimum atomic E-state index is -0.802. The van der Waals surface area contributed by atoms with Crippen LogP contribution in [0, 0.1) is 66.7 Å². The number of fused-ring (bicyclic) bond motifs is 3. The van der Waals surface area contributed by atoms with Crippen LogP contribution in [0.2, 0.25) is 0 Å². The standard InChI is InChI=1S/C23H34O5.Ac/c1-14-6-9-18-22(4,16(14)8-7-15-17(24)12-26-20(15)25)11-10-19-23(18,5)13-27-21(2,3)28-19;/h7,16-19,24H,1,6,8-13H2,2-5H3;/b15-7+;/t16-,17?,18?,19?,22+,23-;/m0./s1. The van der Waals surface area contributed by atoms with Crippen LogP contribution in [-0.2, 0) is 19.0 Å². The van der Waals surface area contributed by atoms with E-state index in [-0.39, 0.29) is 79.5 Å². The van der Waals surface area contributed by atoms with Crippen molar-refractivity contribution in [2.75, 3.05) is 13.2 Å². The van der Waals surface area contributed by atoms with Crippen LogP contribution in [0.3, 0.4) is 0 Å². The zero-order valence-corrected chi connectivity index (χ0v) is 22.9. The number of esters is 1. The van der Waals surface area contributed by atoms with Crippen molar-refractivity contribution < 1.29 is 68.2 Å². The molecule has 159 valence electrons. The maximum Gasteiger partial charge on any atom is 0.336 e. The van der Waals surface area contributed by atoms with Crippen LogP contribution in [0.1, 0.15) is 59.8 Å². The minimum absolute atomic E-state index is 0. The summed E-state index contributed by atoms with van der Waals surface area (Å²) in [6.45, 7) is 13.9. The molecule has 4 fully saturated rings. The van der Waals surface area contributed by atoms with Gasteiger partial charge in [0.2, 0.25) is 0 Å². The first-order valence-electron chi connectivity index (χ1n) is 10.6. The average Bonchev–Trinajstić information content (AvgIpc) is 2.93. The summed E-state index contributed by atoms with van der Waals surface area (Å²) in [4.78, 5) is 11.9. The number of carbonyl (C=O) groups excluding carboxylic acids is 1. The number of rotatable bonds is 2. The predicted octanol–water partition coefficient (Wildman–Crippen LogP) is 3.76. The maximum absolute atomic E-state index is 11.9. The molecular formula is C23H34AcO5. The van der Waals surface area contributed by atoms with Gasteiger partial charge in [-0.15, -0.1) is 0 Å². The van der Waals surface area contributed by atoms with Gasteiger partial charge < -0.3 is 19.3 Å². The van der Waals surface area contributed by atoms with E-state index in [1.165, 1.54) is 5.57 Å². The second-order valence-electron chi connectivity index (χ2n) is 10.2. The number of aliphatic hydroxyl groups is 1. The molecule has 6 atom stereocenters. The summed E-state index contributed by atoms with van der Waals surface area (Å²) in [5.41, 5.74) is 1.74. The van der Waals surface area contributed by atoms with E-state index < -0.39 is 11.9 Å². The molecule has 0 spiro atoms. The first-order valence-corrected chi connectivity index (χ1v) is 10.6. The van der Waals surface area contributed by atoms with Crippen LogP contribution >= 0.6 is 0 Å². The van der Waals surface area contributed by atoms with Gasteiger partial charge in [0, 0.05) is 49.5 Å². The van der Waals surface area contributed by atoms with E-state index in [2.05, 4.69) is 20.4 Å². The van der Waals surface area contributed by atoms with Gasteiger partial charge in [-0.2, -0.15) is 0 Å². The molecule has 2 aliphatic carbocycles. The number of ether oxygens (including phenoxy) is 3. The summed E-state index contributed by atoms with van der Waals surface area (Å²) < 4.78 is 17.4. The number of cyclic esters (lactones) is 1. The number of carbonyl (C=O) groups is 1. The largest absolute Gasteiger partial charge is 0.459 e. The zero-order valence-electron chi connectivity index (χ0n) is 18.2. The molecule has 3 unspecified atom stereocenters. The van der Waals surface area contributed by atoms with Crippen LogP contribution in [0.25, 0.3) is 0 Å². The molecule has 0 amide bonds. The third-order valence-corrected chi connectivity index (χ3v) is 8.01. The van der Waals surface area contributed by atoms with Crippen LogP contribution in [0.15, 0.2) is 23.8 Å². The molecule has 5 nitrogen and oxygen atoms in total. The Morgan fingerprint density at radius 2 is 1.93 bits per heavy atom. The summed E-state index contributed by atoms with van der Waals surface area (Å²) in [6.07, 6.45) is 6.22. The second kappa shape index (κ2) is 8.32. The first-order chi connectivity index (χ1) is 13.1. The van der Waals surface area contributed by atoms with E-state index >= 15 is 0 Å². The van der Waals surface area contributed by atoms with Crippen molar-refractivity contribution in [2.45, 2.75) is 77.8 Å². The van der Waals surface area contributed by atoms with Crippen molar-refractivity contribution in [1.82, 2.24) is 0 Å². The topological polar surface area (TPSA) is 65.0 Å². The minimum Gasteiger partial charge on any atom is -0.459 e. The summed E-state index contributed by atoms with van der Waals surface area (Å²) in [6, 6.07) is 0. The molecule has 2 aliphatic heterocycles. The Bertz CT molecular complexity index is 716. The van der Waals surface area contributed by atoms with Gasteiger partial charge in [0.15, 0.2) is 5.79 Å². The Morgan fingerprint density at radius 1 is 1.21 bits per heavy atom. The van der Waals surface area contributed by atoms with Gasteiger partial charge in [-0.25, -0.2) is 4.79 Å². The molecule has 0 bridgehead atoms. The molecule has 29 heavy (non-hydrogen) atoms. The van der Waals surface area contributed by atoms with Gasteiger partial charge in [0.1, 0.15) is 12.7 Å². The van der Waals surface area contributed by atoms with Crippen molar-refractivity contribution in [2.24, 2.45) is 22.7 Å². The molecule has 1 N–H and O–H groups in total. The maximum atomic E-state index is 11.9. The Kier molecular flexibility index (Phi) is 6.86. The molecule has 4 aliphatic rings. The Morgan fingerprint density at radius 3 is 2.59 bits per heavy atom. The van der Waals surface area contributed by atoms with Crippen molar-refractivity contribution in [1.29, 1.82) is 0 Å². The molecule has 0 aromatic rings. The van der Waals surface area contributed by atoms with Gasteiger partial charge in [-0.1, -0.05) is 32.1 Å². The third kappa shape index (κ3) is 4.07. The Hall–Kier alpha value is 0.272. The van der Waals surface area contributed by atoms with Crippen LogP contribution in [0.5, 0.6) is 0 Å². The summed E-state index contributed by atoms with van der Waals surface area (Å²) >= 11 is 0. The van der Waals surface area contributed by atoms with Crippen LogP contribution < -0.4 is 0 Å². The number of allylic oxidation sites excluding steroid dienone is 2. The van der Waals surface area contributed by atoms with E-state index in [0.29, 0.717) is 11.5 Å². The van der Waals surface area contributed by atoms with Crippen LogP contribution in [0.4, 0.5) is 0 Å². The van der Waals surface area contributed by atoms with Crippen molar-refractivity contribution in [3.8, 4) is 0 Å². The Labute approximate surface area is 210 Å². The fraction of sp³-hybridized carbons (Fsp3) is 0.783. The van der Waals surface area contributed by atoms with Gasteiger partial charge in [0.05, 0.1) is 18.3 Å². The molecule has 6 heteroatoms. The normalized spacial score (nSPS) is 45.2. The first kappa shape index (κ1) is 23.9. The smallest absolute Gasteiger partial charge is 0.336 e. The van der Waals surface area contributed by atoms with Gasteiger partial charge in [-0.3, -0.25) is 0 Å². The monoisotopic (exact) mass is 617 g/mol. The van der Waals surface area contributed by atoms with Crippen molar-refractivity contribution in [3.05, 3.63) is 23.8 Å². The SMILES string of the molecule is C=C1CCC2[C@]3(C)COC(C)(C)OC3CC[C@]2(C)[C@H]1C/C=C1/C(=O)OCC1O.[Ac]. The Balaban J connectivity index is 0.00000240. The number of hydrogen-bond donors (Lipinski definition) is 1. The number of hydrogen-bond acceptors (Lipinski definition) is 5. The second-order valence-corrected chi connectivity index (χ2v) is 10.2. The predicted molar refractivity (Wildman–Crippen MR) is 105 cm³/mol. The van der Waals surface area contributed by atoms with Gasteiger partial charge >= 0.3 is 5.97 Å². The molecule has 2 saturated heterocycles. The van der Waals surface area contributed by atoms with E-state index in [1.54, 1.807) is 0 Å². The van der Waals surface area contributed by atoms with E-state index in [1.807, 2.05) is 19.9 Å². The summed E-state index contributed by atoms with van der Waals surface area (Å²) in [5.74, 6) is -0.141. The van der Waals surface area contributed by atoms with Crippen LogP contribution in [-0.4, -0.2) is 42.3 Å². The molecule has 1 radical (unpaired) electrons. The fourth-order valence-electron chi connectivity index (χ4n) is 6.43. The quantitative estimate of drug-likeness (QED) is 0.291. The average molecular weight is 618 g/mol. The van der Waals surface area contributed by atoms with Gasteiger partial charge in [0.25, 0.3) is 0 Å². The molecule has 0 aromatic heterocycles. The van der Waals surface area contributed by atoms with Crippen molar-refractivity contribution >= 4 is 5.97 Å². The summed E-state index contributed by atoms with van der Waals surface area (Å²) in [7, 11) is 0. The molecule has 2 saturated carbocycles. The summed E-state index contributed by atoms with van der Waals surface area (Å²) in [5, 5.41) is 10.0.